The summed E-state index contributed by atoms with van der Waals surface area (Å²) in [4.78, 5) is 6.77. The van der Waals surface area contributed by atoms with E-state index in [0.29, 0.717) is 0 Å². The zero-order valence-electron chi connectivity index (χ0n) is 11.6. The van der Waals surface area contributed by atoms with E-state index in [0.717, 1.165) is 25.3 Å². The van der Waals surface area contributed by atoms with Gasteiger partial charge in [-0.1, -0.05) is 36.4 Å². The highest BCUT2D eigenvalue weighted by Gasteiger charge is 2.02. The Morgan fingerprint density at radius 2 is 1.79 bits per heavy atom. The third kappa shape index (κ3) is 4.47. The van der Waals surface area contributed by atoms with Crippen molar-refractivity contribution in [3.8, 4) is 0 Å². The van der Waals surface area contributed by atoms with Crippen LogP contribution in [0.2, 0.25) is 0 Å². The molecule has 0 spiro atoms. The number of hydrogen-bond donors (Lipinski definition) is 1. The van der Waals surface area contributed by atoms with Crippen LogP contribution in [0.4, 0.5) is 0 Å². The molecule has 0 unspecified atom stereocenters. The third-order valence-electron chi connectivity index (χ3n) is 2.99. The molecule has 0 saturated carbocycles. The average Bonchev–Trinajstić information content (AvgIpc) is 2.42. The minimum atomic E-state index is 0.868. The fourth-order valence-electron chi connectivity index (χ4n) is 2.08. The lowest BCUT2D eigenvalue weighted by Gasteiger charge is -2.16. The Hall–Kier alpha value is -1.71. The van der Waals surface area contributed by atoms with E-state index in [1.807, 2.05) is 19.3 Å². The second-order valence-corrected chi connectivity index (χ2v) is 4.85. The molecule has 0 bridgehead atoms. The van der Waals surface area contributed by atoms with Crippen molar-refractivity contribution in [2.45, 2.75) is 19.6 Å². The van der Waals surface area contributed by atoms with E-state index in [4.69, 9.17) is 0 Å². The molecule has 0 aliphatic rings. The van der Waals surface area contributed by atoms with Crippen LogP contribution in [0.15, 0.2) is 48.7 Å². The molecule has 3 heteroatoms. The molecule has 2 rings (SSSR count). The Morgan fingerprint density at radius 1 is 1.00 bits per heavy atom. The quantitative estimate of drug-likeness (QED) is 0.859. The van der Waals surface area contributed by atoms with Crippen LogP contribution in [0.1, 0.15) is 16.8 Å². The van der Waals surface area contributed by atoms with Gasteiger partial charge in [-0.15, -0.1) is 0 Å². The molecule has 1 N–H and O–H groups in total. The highest BCUT2D eigenvalue weighted by atomic mass is 15.1. The predicted molar refractivity (Wildman–Crippen MR) is 78.6 cm³/mol. The first-order chi connectivity index (χ1) is 9.28. The topological polar surface area (TPSA) is 28.2 Å². The largest absolute Gasteiger partial charge is 0.316 e. The van der Waals surface area contributed by atoms with Crippen LogP contribution in [0.5, 0.6) is 0 Å². The van der Waals surface area contributed by atoms with Crippen molar-refractivity contribution in [2.24, 2.45) is 0 Å². The van der Waals surface area contributed by atoms with Gasteiger partial charge in [0, 0.05) is 25.8 Å². The van der Waals surface area contributed by atoms with Gasteiger partial charge < -0.3 is 5.32 Å². The molecule has 0 radical (unpaired) electrons. The van der Waals surface area contributed by atoms with Crippen LogP contribution in [-0.2, 0) is 19.6 Å². The van der Waals surface area contributed by atoms with Gasteiger partial charge in [-0.05, 0) is 31.3 Å². The monoisotopic (exact) mass is 255 g/mol. The molecule has 3 nitrogen and oxygen atoms in total. The highest BCUT2D eigenvalue weighted by Crippen LogP contribution is 2.07. The molecule has 0 aliphatic heterocycles. The summed E-state index contributed by atoms with van der Waals surface area (Å²) in [5, 5.41) is 3.13. The van der Waals surface area contributed by atoms with Crippen molar-refractivity contribution < 1.29 is 0 Å². The molecule has 1 aromatic carbocycles. The first-order valence-corrected chi connectivity index (χ1v) is 6.59. The fourth-order valence-corrected chi connectivity index (χ4v) is 2.08. The van der Waals surface area contributed by atoms with E-state index in [2.05, 4.69) is 58.6 Å². The summed E-state index contributed by atoms with van der Waals surface area (Å²) in [6.07, 6.45) is 1.95. The zero-order valence-corrected chi connectivity index (χ0v) is 11.6. The smallest absolute Gasteiger partial charge is 0.0544 e. The summed E-state index contributed by atoms with van der Waals surface area (Å²) in [5.74, 6) is 0. The Balaban J connectivity index is 1.89. The number of aromatic nitrogens is 1. The lowest BCUT2D eigenvalue weighted by molar-refractivity contribution is 0.315. The van der Waals surface area contributed by atoms with E-state index in [-0.39, 0.29) is 0 Å². The minimum absolute atomic E-state index is 0.868. The summed E-state index contributed by atoms with van der Waals surface area (Å²) >= 11 is 0. The lowest BCUT2D eigenvalue weighted by Crippen LogP contribution is -2.18. The molecule has 19 heavy (non-hydrogen) atoms. The fraction of sp³-hybridized carbons (Fsp3) is 0.312. The number of rotatable bonds is 6. The Labute approximate surface area is 115 Å². The molecule has 0 fully saturated rings. The van der Waals surface area contributed by atoms with Gasteiger partial charge in [-0.2, -0.15) is 0 Å². The van der Waals surface area contributed by atoms with Gasteiger partial charge in [0.1, 0.15) is 0 Å². The maximum Gasteiger partial charge on any atom is 0.0544 e. The van der Waals surface area contributed by atoms with Crippen LogP contribution in [0, 0.1) is 0 Å². The molecule has 0 amide bonds. The Kier molecular flexibility index (Phi) is 5.07. The molecule has 1 heterocycles. The summed E-state index contributed by atoms with van der Waals surface area (Å²) in [7, 11) is 4.07. The molecule has 100 valence electrons. The molecule has 1 aromatic heterocycles. The Morgan fingerprint density at radius 3 is 2.42 bits per heavy atom. The summed E-state index contributed by atoms with van der Waals surface area (Å²) in [5.41, 5.74) is 3.66. The molecular formula is C16H21N3. The average molecular weight is 255 g/mol. The highest BCUT2D eigenvalue weighted by molar-refractivity contribution is 5.16. The second kappa shape index (κ2) is 7.02. The van der Waals surface area contributed by atoms with Crippen molar-refractivity contribution >= 4 is 0 Å². The summed E-state index contributed by atoms with van der Waals surface area (Å²) < 4.78 is 0. The van der Waals surface area contributed by atoms with Gasteiger partial charge in [0.2, 0.25) is 0 Å². The van der Waals surface area contributed by atoms with Crippen molar-refractivity contribution in [2.75, 3.05) is 14.1 Å². The molecule has 0 atom stereocenters. The number of benzene rings is 1. The van der Waals surface area contributed by atoms with Crippen molar-refractivity contribution in [1.29, 1.82) is 0 Å². The number of pyridine rings is 1. The van der Waals surface area contributed by atoms with Gasteiger partial charge in [0.05, 0.1) is 5.69 Å². The van der Waals surface area contributed by atoms with E-state index in [1.54, 1.807) is 0 Å². The number of nitrogens with zero attached hydrogens (tertiary/aromatic N) is 2. The van der Waals surface area contributed by atoms with E-state index < -0.39 is 0 Å². The standard InChI is InChI=1S/C16H21N3/c1-17-10-15-8-9-16(18-11-15)13-19(2)12-14-6-4-3-5-7-14/h3-9,11,17H,10,12-13H2,1-2H3. The SMILES string of the molecule is CNCc1ccc(CN(C)Cc2ccccc2)nc1. The number of hydrogen-bond acceptors (Lipinski definition) is 3. The predicted octanol–water partition coefficient (Wildman–Crippen LogP) is 2.43. The van der Waals surface area contributed by atoms with Gasteiger partial charge in [0.15, 0.2) is 0 Å². The Bertz CT molecular complexity index is 479. The number of nitrogens with one attached hydrogen (secondary N) is 1. The van der Waals surface area contributed by atoms with Gasteiger partial charge >= 0.3 is 0 Å². The summed E-state index contributed by atoms with van der Waals surface area (Å²) in [6, 6.07) is 14.7. The van der Waals surface area contributed by atoms with Crippen LogP contribution in [0.3, 0.4) is 0 Å². The first-order valence-electron chi connectivity index (χ1n) is 6.59. The van der Waals surface area contributed by atoms with Gasteiger partial charge in [-0.3, -0.25) is 9.88 Å². The normalized spacial score (nSPS) is 10.9. The van der Waals surface area contributed by atoms with Crippen LogP contribution < -0.4 is 5.32 Å². The molecule has 0 aliphatic carbocycles. The second-order valence-electron chi connectivity index (χ2n) is 4.85. The minimum Gasteiger partial charge on any atom is -0.316 e. The third-order valence-corrected chi connectivity index (χ3v) is 2.99. The van der Waals surface area contributed by atoms with Gasteiger partial charge in [0.25, 0.3) is 0 Å². The van der Waals surface area contributed by atoms with Crippen LogP contribution in [0.25, 0.3) is 0 Å². The van der Waals surface area contributed by atoms with E-state index >= 15 is 0 Å². The van der Waals surface area contributed by atoms with Gasteiger partial charge in [-0.25, -0.2) is 0 Å². The maximum atomic E-state index is 4.50. The van der Waals surface area contributed by atoms with E-state index in [9.17, 15) is 0 Å². The first kappa shape index (κ1) is 13.7. The van der Waals surface area contributed by atoms with Crippen LogP contribution in [-0.4, -0.2) is 24.0 Å². The molecular weight excluding hydrogens is 234 g/mol. The molecule has 0 saturated heterocycles. The van der Waals surface area contributed by atoms with Crippen molar-refractivity contribution in [3.63, 3.8) is 0 Å². The zero-order chi connectivity index (χ0) is 13.5. The summed E-state index contributed by atoms with van der Waals surface area (Å²) in [6.45, 7) is 2.68. The molecule has 2 aromatic rings. The van der Waals surface area contributed by atoms with Crippen molar-refractivity contribution in [1.82, 2.24) is 15.2 Å². The van der Waals surface area contributed by atoms with Crippen molar-refractivity contribution in [3.05, 3.63) is 65.5 Å². The van der Waals surface area contributed by atoms with Crippen LogP contribution >= 0.6 is 0 Å². The maximum absolute atomic E-state index is 4.50. The van der Waals surface area contributed by atoms with E-state index in [1.165, 1.54) is 11.1 Å². The lowest BCUT2D eigenvalue weighted by atomic mass is 10.2.